The van der Waals surface area contributed by atoms with Crippen LogP contribution in [0.3, 0.4) is 0 Å². The van der Waals surface area contributed by atoms with Gasteiger partial charge in [-0.15, -0.1) is 0 Å². The molecule has 1 heterocycles. The number of aromatic hydroxyl groups is 1. The molecule has 4 aromatic rings. The van der Waals surface area contributed by atoms with E-state index in [1.54, 1.807) is 0 Å². The third-order valence-corrected chi connectivity index (χ3v) is 4.36. The predicted molar refractivity (Wildman–Crippen MR) is 96.1 cm³/mol. The van der Waals surface area contributed by atoms with Crippen molar-refractivity contribution >= 4 is 33.3 Å². The van der Waals surface area contributed by atoms with Crippen molar-refractivity contribution in [3.8, 4) is 16.9 Å². The van der Waals surface area contributed by atoms with Crippen molar-refractivity contribution in [2.45, 2.75) is 6.92 Å². The third-order valence-electron chi connectivity index (χ3n) is 4.11. The Hall–Kier alpha value is -2.58. The Labute approximate surface area is 139 Å². The quantitative estimate of drug-likeness (QED) is 0.455. The molecular formula is C20H14ClNO. The van der Waals surface area contributed by atoms with E-state index in [4.69, 9.17) is 16.6 Å². The van der Waals surface area contributed by atoms with Crippen LogP contribution in [0.5, 0.6) is 5.75 Å². The summed E-state index contributed by atoms with van der Waals surface area (Å²) in [4.78, 5) is 4.71. The second-order valence-electron chi connectivity index (χ2n) is 5.62. The van der Waals surface area contributed by atoms with E-state index in [-0.39, 0.29) is 5.75 Å². The molecule has 0 bridgehead atoms. The van der Waals surface area contributed by atoms with Gasteiger partial charge in [-0.1, -0.05) is 54.1 Å². The minimum atomic E-state index is 0.279. The maximum Gasteiger partial charge on any atom is 0.131 e. The van der Waals surface area contributed by atoms with Crippen molar-refractivity contribution in [2.24, 2.45) is 0 Å². The van der Waals surface area contributed by atoms with Crippen molar-refractivity contribution in [3.05, 3.63) is 71.4 Å². The van der Waals surface area contributed by atoms with Crippen molar-refractivity contribution in [1.82, 2.24) is 4.98 Å². The molecule has 0 atom stereocenters. The monoisotopic (exact) mass is 319 g/mol. The number of nitrogens with zero attached hydrogens (tertiary/aromatic N) is 1. The highest BCUT2D eigenvalue weighted by Gasteiger charge is 2.16. The normalized spacial score (nSPS) is 11.2. The number of hydrogen-bond donors (Lipinski definition) is 1. The van der Waals surface area contributed by atoms with E-state index in [1.165, 1.54) is 0 Å². The molecule has 0 unspecified atom stereocenters. The topological polar surface area (TPSA) is 33.1 Å². The first-order valence-corrected chi connectivity index (χ1v) is 7.80. The van der Waals surface area contributed by atoms with Crippen LogP contribution >= 0.6 is 11.6 Å². The molecule has 1 aromatic heterocycles. The van der Waals surface area contributed by atoms with Gasteiger partial charge in [0.25, 0.3) is 0 Å². The number of phenols is 1. The molecule has 0 spiro atoms. The van der Waals surface area contributed by atoms with Gasteiger partial charge in [0.15, 0.2) is 0 Å². The van der Waals surface area contributed by atoms with Gasteiger partial charge in [-0.05, 0) is 30.7 Å². The maximum atomic E-state index is 10.9. The summed E-state index contributed by atoms with van der Waals surface area (Å²) >= 11 is 6.00. The van der Waals surface area contributed by atoms with Gasteiger partial charge in [0.1, 0.15) is 5.75 Å². The van der Waals surface area contributed by atoms with Gasteiger partial charge in [0, 0.05) is 32.4 Å². The molecule has 3 aromatic carbocycles. The van der Waals surface area contributed by atoms with Gasteiger partial charge < -0.3 is 5.11 Å². The van der Waals surface area contributed by atoms with Crippen LogP contribution in [-0.2, 0) is 0 Å². The molecule has 0 aliphatic heterocycles. The van der Waals surface area contributed by atoms with Crippen molar-refractivity contribution in [2.75, 3.05) is 0 Å². The molecule has 0 aliphatic carbocycles. The van der Waals surface area contributed by atoms with Crippen LogP contribution in [0.2, 0.25) is 5.02 Å². The average Bonchev–Trinajstić information content (AvgIpc) is 2.57. The Morgan fingerprint density at radius 2 is 1.52 bits per heavy atom. The van der Waals surface area contributed by atoms with Crippen molar-refractivity contribution < 1.29 is 5.11 Å². The molecule has 0 saturated heterocycles. The number of halogens is 1. The van der Waals surface area contributed by atoms with Gasteiger partial charge in [0.2, 0.25) is 0 Å². The molecule has 3 heteroatoms. The highest BCUT2D eigenvalue weighted by molar-refractivity contribution is 6.30. The van der Waals surface area contributed by atoms with Gasteiger partial charge in [-0.2, -0.15) is 0 Å². The highest BCUT2D eigenvalue weighted by Crippen LogP contribution is 2.42. The molecule has 4 rings (SSSR count). The zero-order valence-electron chi connectivity index (χ0n) is 12.5. The lowest BCUT2D eigenvalue weighted by Gasteiger charge is -2.14. The minimum absolute atomic E-state index is 0.279. The largest absolute Gasteiger partial charge is 0.507 e. The third kappa shape index (κ3) is 2.23. The number of hydrogen-bond acceptors (Lipinski definition) is 2. The van der Waals surface area contributed by atoms with E-state index >= 15 is 0 Å². The standard InChI is InChI=1S/C20H14ClNO/c1-12-6-11-17-18(13-7-9-14(21)10-8-13)20(23)16-5-3-2-4-15(16)19(17)22-12/h2-11,23H,1H3. The zero-order valence-corrected chi connectivity index (χ0v) is 13.3. The molecule has 0 aliphatic rings. The van der Waals surface area contributed by atoms with Gasteiger partial charge in [0.05, 0.1) is 5.52 Å². The summed E-state index contributed by atoms with van der Waals surface area (Å²) in [5, 5.41) is 14.3. The van der Waals surface area contributed by atoms with Crippen LogP contribution in [0.25, 0.3) is 32.8 Å². The Morgan fingerprint density at radius 1 is 0.826 bits per heavy atom. The Balaban J connectivity index is 2.21. The Kier molecular flexibility index (Phi) is 3.21. The Bertz CT molecular complexity index is 1040. The van der Waals surface area contributed by atoms with E-state index in [1.807, 2.05) is 67.6 Å². The first kappa shape index (κ1) is 14.0. The first-order chi connectivity index (χ1) is 11.1. The van der Waals surface area contributed by atoms with Crippen LogP contribution in [0, 0.1) is 6.92 Å². The summed E-state index contributed by atoms with van der Waals surface area (Å²) in [6.45, 7) is 1.98. The maximum absolute atomic E-state index is 10.9. The molecule has 0 radical (unpaired) electrons. The number of pyridine rings is 1. The number of benzene rings is 3. The smallest absolute Gasteiger partial charge is 0.131 e. The molecule has 0 fully saturated rings. The minimum Gasteiger partial charge on any atom is -0.507 e. The summed E-state index contributed by atoms with van der Waals surface area (Å²) in [7, 11) is 0. The second kappa shape index (κ2) is 5.25. The van der Waals surface area contributed by atoms with E-state index in [9.17, 15) is 5.11 Å². The van der Waals surface area contributed by atoms with Crippen LogP contribution in [0.4, 0.5) is 0 Å². The second-order valence-corrected chi connectivity index (χ2v) is 6.06. The molecule has 0 saturated carbocycles. The fraction of sp³-hybridized carbons (Fsp3) is 0.0500. The summed E-state index contributed by atoms with van der Waals surface area (Å²) < 4.78 is 0. The lowest BCUT2D eigenvalue weighted by atomic mass is 9.94. The van der Waals surface area contributed by atoms with Crippen molar-refractivity contribution in [3.63, 3.8) is 0 Å². The summed E-state index contributed by atoms with van der Waals surface area (Å²) in [6.07, 6.45) is 0. The molecule has 23 heavy (non-hydrogen) atoms. The van der Waals surface area contributed by atoms with Crippen LogP contribution in [0.1, 0.15) is 5.69 Å². The molecule has 112 valence electrons. The molecular weight excluding hydrogens is 306 g/mol. The number of phenolic OH excluding ortho intramolecular Hbond substituents is 1. The van der Waals surface area contributed by atoms with Crippen LogP contribution in [-0.4, -0.2) is 10.1 Å². The van der Waals surface area contributed by atoms with E-state index < -0.39 is 0 Å². The molecule has 1 N–H and O–H groups in total. The first-order valence-electron chi connectivity index (χ1n) is 7.42. The van der Waals surface area contributed by atoms with Crippen LogP contribution < -0.4 is 0 Å². The lowest BCUT2D eigenvalue weighted by molar-refractivity contribution is 0.484. The van der Waals surface area contributed by atoms with E-state index in [0.29, 0.717) is 5.02 Å². The lowest BCUT2D eigenvalue weighted by Crippen LogP contribution is -1.90. The van der Waals surface area contributed by atoms with Gasteiger partial charge >= 0.3 is 0 Å². The number of fused-ring (bicyclic) bond motifs is 3. The Morgan fingerprint density at radius 3 is 2.26 bits per heavy atom. The van der Waals surface area contributed by atoms with Gasteiger partial charge in [-0.25, -0.2) is 0 Å². The SMILES string of the molecule is Cc1ccc2c(-c3ccc(Cl)cc3)c(O)c3ccccc3c2n1. The summed E-state index contributed by atoms with van der Waals surface area (Å²) in [5.74, 6) is 0.279. The predicted octanol–water partition coefficient (Wildman–Crippen LogP) is 5.72. The van der Waals surface area contributed by atoms with Crippen molar-refractivity contribution in [1.29, 1.82) is 0 Å². The number of aryl methyl sites for hydroxylation is 1. The number of rotatable bonds is 1. The molecule has 0 amide bonds. The molecule has 2 nitrogen and oxygen atoms in total. The average molecular weight is 320 g/mol. The van der Waals surface area contributed by atoms with E-state index in [2.05, 4.69) is 0 Å². The van der Waals surface area contributed by atoms with E-state index in [0.717, 1.165) is 38.5 Å². The fourth-order valence-corrected chi connectivity index (χ4v) is 3.16. The summed E-state index contributed by atoms with van der Waals surface area (Å²) in [6, 6.07) is 19.3. The fourth-order valence-electron chi connectivity index (χ4n) is 3.03. The number of aromatic nitrogens is 1. The summed E-state index contributed by atoms with van der Waals surface area (Å²) in [5.41, 5.74) is 3.58. The zero-order chi connectivity index (χ0) is 16.0. The highest BCUT2D eigenvalue weighted by atomic mass is 35.5. The van der Waals surface area contributed by atoms with Gasteiger partial charge in [-0.3, -0.25) is 4.98 Å². The van der Waals surface area contributed by atoms with Crippen LogP contribution in [0.15, 0.2) is 60.7 Å².